The van der Waals surface area contributed by atoms with Gasteiger partial charge in [0.1, 0.15) is 5.69 Å². The van der Waals surface area contributed by atoms with Crippen molar-refractivity contribution in [3.8, 4) is 5.95 Å². The van der Waals surface area contributed by atoms with E-state index in [1.165, 1.54) is 36.8 Å². The molecule has 0 saturated carbocycles. The van der Waals surface area contributed by atoms with Crippen LogP contribution in [-0.2, 0) is 4.74 Å². The average Bonchev–Trinajstić information content (AvgIpc) is 2.81. The van der Waals surface area contributed by atoms with Crippen molar-refractivity contribution in [2.24, 2.45) is 11.7 Å². The summed E-state index contributed by atoms with van der Waals surface area (Å²) in [6, 6.07) is 5.58. The first-order valence-corrected chi connectivity index (χ1v) is 10.7. The Morgan fingerprint density at radius 3 is 2.73 bits per heavy atom. The van der Waals surface area contributed by atoms with Crippen LogP contribution in [0.5, 0.6) is 0 Å². The number of rotatable bonds is 5. The summed E-state index contributed by atoms with van der Waals surface area (Å²) in [4.78, 5) is 36.9. The number of hydrogen-bond acceptors (Lipinski definition) is 8. The van der Waals surface area contributed by atoms with Gasteiger partial charge in [-0.3, -0.25) is 19.1 Å². The fourth-order valence-electron chi connectivity index (χ4n) is 3.83. The number of ether oxygens (including phenoxy) is 1. The van der Waals surface area contributed by atoms with Gasteiger partial charge in [0.25, 0.3) is 5.91 Å². The van der Waals surface area contributed by atoms with Crippen LogP contribution in [0.25, 0.3) is 5.95 Å². The number of anilines is 1. The van der Waals surface area contributed by atoms with E-state index in [-0.39, 0.29) is 23.0 Å². The molecule has 10 heteroatoms. The second-order valence-electron chi connectivity index (χ2n) is 8.32. The van der Waals surface area contributed by atoms with Gasteiger partial charge >= 0.3 is 0 Å². The number of amides is 1. The molecule has 3 aromatic rings. The maximum absolute atomic E-state index is 13.0. The van der Waals surface area contributed by atoms with E-state index < -0.39 is 30.3 Å². The third-order valence-electron chi connectivity index (χ3n) is 5.60. The summed E-state index contributed by atoms with van der Waals surface area (Å²) in [7, 11) is 0. The summed E-state index contributed by atoms with van der Waals surface area (Å²) in [5.74, 6) is -0.125. The predicted molar refractivity (Wildman–Crippen MR) is 121 cm³/mol. The highest BCUT2D eigenvalue weighted by molar-refractivity contribution is 6.03. The third-order valence-corrected chi connectivity index (χ3v) is 5.60. The smallest absolute Gasteiger partial charge is 0.274 e. The largest absolute Gasteiger partial charge is 0.389 e. The second-order valence-corrected chi connectivity index (χ2v) is 8.32. The molecule has 10 nitrogen and oxygen atoms in total. The van der Waals surface area contributed by atoms with Crippen LogP contribution in [0.3, 0.4) is 0 Å². The predicted octanol–water partition coefficient (Wildman–Crippen LogP) is 1.45. The van der Waals surface area contributed by atoms with Crippen LogP contribution in [0.4, 0.5) is 5.69 Å². The van der Waals surface area contributed by atoms with Crippen LogP contribution in [0.2, 0.25) is 0 Å². The summed E-state index contributed by atoms with van der Waals surface area (Å²) < 4.78 is 7.71. The van der Waals surface area contributed by atoms with Gasteiger partial charge < -0.3 is 20.9 Å². The molecule has 4 rings (SSSR count). The molecule has 3 aromatic heterocycles. The normalized spacial score (nSPS) is 22.8. The number of aromatic nitrogens is 4. The number of pyridine rings is 2. The maximum atomic E-state index is 13.0. The standard InChI is InChI=1S/C23H26N6O4/c1-13(2)21-20(31)16(24)11-19(33-21)15-3-7-25-12-18(15)27-22(32)17-4-8-26-23(28-17)29-9-5-14(30)6-10-29/h3-10,12-13,16,19-21,31H,11,24H2,1-2H3,(H,27,32)/t16-,19-,20+,21-/m1/s1. The van der Waals surface area contributed by atoms with Gasteiger partial charge in [0.05, 0.1) is 30.2 Å². The fourth-order valence-corrected chi connectivity index (χ4v) is 3.83. The highest BCUT2D eigenvalue weighted by atomic mass is 16.5. The molecule has 33 heavy (non-hydrogen) atoms. The lowest BCUT2D eigenvalue weighted by Gasteiger charge is -2.40. The monoisotopic (exact) mass is 450 g/mol. The molecule has 0 spiro atoms. The molecule has 4 atom stereocenters. The van der Waals surface area contributed by atoms with Gasteiger partial charge in [-0.2, -0.15) is 0 Å². The Morgan fingerprint density at radius 2 is 2.00 bits per heavy atom. The minimum atomic E-state index is -0.756. The van der Waals surface area contributed by atoms with Gasteiger partial charge in [-0.15, -0.1) is 0 Å². The van der Waals surface area contributed by atoms with Gasteiger partial charge in [-0.1, -0.05) is 13.8 Å². The Hall–Kier alpha value is -3.47. The topological polar surface area (TPSA) is 145 Å². The molecule has 0 aliphatic carbocycles. The lowest BCUT2D eigenvalue weighted by Crippen LogP contribution is -2.51. The molecule has 172 valence electrons. The molecule has 1 fully saturated rings. The molecule has 4 N–H and O–H groups in total. The van der Waals surface area contributed by atoms with Crippen LogP contribution < -0.4 is 16.5 Å². The summed E-state index contributed by atoms with van der Waals surface area (Å²) in [6.45, 7) is 3.93. The minimum Gasteiger partial charge on any atom is -0.389 e. The van der Waals surface area contributed by atoms with Gasteiger partial charge in [0, 0.05) is 48.5 Å². The quantitative estimate of drug-likeness (QED) is 0.530. The third kappa shape index (κ3) is 4.98. The van der Waals surface area contributed by atoms with Gasteiger partial charge in [0.2, 0.25) is 5.95 Å². The van der Waals surface area contributed by atoms with E-state index in [0.717, 1.165) is 5.56 Å². The van der Waals surface area contributed by atoms with Crippen molar-refractivity contribution >= 4 is 11.6 Å². The molecule has 0 radical (unpaired) electrons. The summed E-state index contributed by atoms with van der Waals surface area (Å²) in [6.07, 6.45) is 6.51. The molecule has 0 bridgehead atoms. The van der Waals surface area contributed by atoms with Crippen LogP contribution in [0.15, 0.2) is 60.0 Å². The Bertz CT molecular complexity index is 1180. The van der Waals surface area contributed by atoms with Crippen molar-refractivity contribution in [1.82, 2.24) is 19.5 Å². The number of nitrogens with one attached hydrogen (secondary N) is 1. The van der Waals surface area contributed by atoms with E-state index in [4.69, 9.17) is 10.5 Å². The van der Waals surface area contributed by atoms with Crippen LogP contribution in [0.1, 0.15) is 42.4 Å². The molecule has 1 amide bonds. The number of carbonyl (C=O) groups excluding carboxylic acids is 1. The van der Waals surface area contributed by atoms with Crippen molar-refractivity contribution in [2.75, 3.05) is 5.32 Å². The summed E-state index contributed by atoms with van der Waals surface area (Å²) in [5.41, 5.74) is 7.39. The fraction of sp³-hybridized carbons (Fsp3) is 0.348. The van der Waals surface area contributed by atoms with E-state index in [2.05, 4.69) is 20.3 Å². The van der Waals surface area contributed by atoms with E-state index in [1.807, 2.05) is 13.8 Å². The van der Waals surface area contributed by atoms with E-state index in [1.54, 1.807) is 23.0 Å². The highest BCUT2D eigenvalue weighted by Gasteiger charge is 2.38. The number of nitrogens with two attached hydrogens (primary N) is 1. The van der Waals surface area contributed by atoms with E-state index in [0.29, 0.717) is 12.1 Å². The molecule has 4 heterocycles. The number of nitrogens with zero attached hydrogens (tertiary/aromatic N) is 4. The maximum Gasteiger partial charge on any atom is 0.274 e. The van der Waals surface area contributed by atoms with Gasteiger partial charge in [-0.25, -0.2) is 9.97 Å². The Morgan fingerprint density at radius 1 is 1.24 bits per heavy atom. The molecular formula is C23H26N6O4. The molecule has 0 unspecified atom stereocenters. The second kappa shape index (κ2) is 9.57. The first kappa shape index (κ1) is 22.7. The molecule has 1 aliphatic rings. The highest BCUT2D eigenvalue weighted by Crippen LogP contribution is 2.36. The zero-order valence-electron chi connectivity index (χ0n) is 18.3. The molecule has 1 saturated heterocycles. The van der Waals surface area contributed by atoms with Crippen LogP contribution >= 0.6 is 0 Å². The minimum absolute atomic E-state index is 0.0707. The van der Waals surface area contributed by atoms with Crippen molar-refractivity contribution in [1.29, 1.82) is 0 Å². The number of aliphatic hydroxyl groups excluding tert-OH is 1. The molecule has 1 aliphatic heterocycles. The number of hydrogen-bond donors (Lipinski definition) is 3. The van der Waals surface area contributed by atoms with Crippen molar-refractivity contribution in [3.05, 3.63) is 76.7 Å². The Kier molecular flexibility index (Phi) is 6.59. The van der Waals surface area contributed by atoms with Crippen LogP contribution in [-0.4, -0.2) is 48.8 Å². The first-order valence-electron chi connectivity index (χ1n) is 10.7. The van der Waals surface area contributed by atoms with Gasteiger partial charge in [0.15, 0.2) is 5.43 Å². The van der Waals surface area contributed by atoms with Crippen LogP contribution in [0, 0.1) is 5.92 Å². The SMILES string of the molecule is CC(C)[C@H]1O[C@@H](c2ccncc2NC(=O)c2ccnc(-n3ccc(=O)cc3)n2)C[C@@H](N)[C@@H]1O. The number of aliphatic hydroxyl groups is 1. The number of carbonyl (C=O) groups is 1. The van der Waals surface area contributed by atoms with Crippen molar-refractivity contribution in [2.45, 2.75) is 44.6 Å². The lowest BCUT2D eigenvalue weighted by atomic mass is 9.88. The average molecular weight is 450 g/mol. The van der Waals surface area contributed by atoms with Crippen molar-refractivity contribution in [3.63, 3.8) is 0 Å². The zero-order valence-corrected chi connectivity index (χ0v) is 18.3. The molecule has 0 aromatic carbocycles. The Labute approximate surface area is 190 Å². The molecular weight excluding hydrogens is 424 g/mol. The Balaban J connectivity index is 1.57. The first-order chi connectivity index (χ1) is 15.8. The van der Waals surface area contributed by atoms with E-state index in [9.17, 15) is 14.7 Å². The lowest BCUT2D eigenvalue weighted by molar-refractivity contribution is -0.145. The zero-order chi connectivity index (χ0) is 23.5. The summed E-state index contributed by atoms with van der Waals surface area (Å²) >= 11 is 0. The van der Waals surface area contributed by atoms with E-state index >= 15 is 0 Å². The van der Waals surface area contributed by atoms with Gasteiger partial charge in [-0.05, 0) is 24.5 Å². The summed E-state index contributed by atoms with van der Waals surface area (Å²) in [5, 5.41) is 13.3. The van der Waals surface area contributed by atoms with Crippen molar-refractivity contribution < 1.29 is 14.6 Å².